The molecule has 0 saturated carbocycles. The molecule has 2 heterocycles. The summed E-state index contributed by atoms with van der Waals surface area (Å²) in [7, 11) is 1.65. The van der Waals surface area contributed by atoms with E-state index in [1.165, 1.54) is 12.8 Å². The molecule has 0 aliphatic carbocycles. The van der Waals surface area contributed by atoms with Gasteiger partial charge in [0.2, 0.25) is 0 Å². The summed E-state index contributed by atoms with van der Waals surface area (Å²) in [5, 5.41) is 0. The van der Waals surface area contributed by atoms with Crippen LogP contribution in [-0.2, 0) is 0 Å². The van der Waals surface area contributed by atoms with Crippen molar-refractivity contribution in [3.63, 3.8) is 0 Å². The van der Waals surface area contributed by atoms with Gasteiger partial charge in [0.05, 0.1) is 0 Å². The summed E-state index contributed by atoms with van der Waals surface area (Å²) in [6.45, 7) is 2.13. The Labute approximate surface area is 94.8 Å². The van der Waals surface area contributed by atoms with E-state index in [-0.39, 0.29) is 5.91 Å². The highest BCUT2D eigenvalue weighted by Crippen LogP contribution is 2.19. The number of hydrazine groups is 1. The average Bonchev–Trinajstić information content (AvgIpc) is 2.83. The lowest BCUT2D eigenvalue weighted by molar-refractivity contribution is 0.0933. The Kier molecular flexibility index (Phi) is 3.36. The largest absolute Gasteiger partial charge is 0.371 e. The van der Waals surface area contributed by atoms with Gasteiger partial charge in [-0.05, 0) is 25.0 Å². The quantitative estimate of drug-likeness (QED) is 0.730. The molecule has 2 N–H and O–H groups in total. The van der Waals surface area contributed by atoms with E-state index < -0.39 is 0 Å². The summed E-state index contributed by atoms with van der Waals surface area (Å²) in [5.41, 5.74) is 6.63. The van der Waals surface area contributed by atoms with Crippen LogP contribution >= 0.6 is 0 Å². The lowest BCUT2D eigenvalue weighted by Crippen LogP contribution is -2.34. The van der Waals surface area contributed by atoms with Gasteiger partial charge in [0.15, 0.2) is 0 Å². The van der Waals surface area contributed by atoms with Crippen LogP contribution in [0.3, 0.4) is 0 Å². The highest BCUT2D eigenvalue weighted by atomic mass is 16.2. The fourth-order valence-electron chi connectivity index (χ4n) is 1.89. The molecule has 0 bridgehead atoms. The van der Waals surface area contributed by atoms with Crippen molar-refractivity contribution in [2.45, 2.75) is 12.8 Å². The van der Waals surface area contributed by atoms with E-state index in [4.69, 9.17) is 0 Å². The number of nitrogens with one attached hydrogen (secondary N) is 2. The number of anilines is 1. The normalized spacial score (nSPS) is 15.2. The Hall–Kier alpha value is -1.62. The molecule has 1 saturated heterocycles. The number of aromatic nitrogens is 1. The maximum Gasteiger partial charge on any atom is 0.284 e. The minimum Gasteiger partial charge on any atom is -0.371 e. The molecule has 1 aliphatic heterocycles. The van der Waals surface area contributed by atoms with Crippen molar-refractivity contribution in [2.75, 3.05) is 25.0 Å². The van der Waals surface area contributed by atoms with Crippen LogP contribution in [0, 0.1) is 0 Å². The summed E-state index contributed by atoms with van der Waals surface area (Å²) < 4.78 is 0. The molecule has 1 aromatic heterocycles. The van der Waals surface area contributed by atoms with Crippen molar-refractivity contribution < 1.29 is 4.79 Å². The second kappa shape index (κ2) is 4.94. The Morgan fingerprint density at radius 3 is 2.88 bits per heavy atom. The zero-order valence-corrected chi connectivity index (χ0v) is 9.36. The Bertz CT molecular complexity index is 374. The molecule has 1 fully saturated rings. The van der Waals surface area contributed by atoms with E-state index in [0.29, 0.717) is 5.69 Å². The van der Waals surface area contributed by atoms with Crippen LogP contribution in [0.15, 0.2) is 18.3 Å². The van der Waals surface area contributed by atoms with Crippen molar-refractivity contribution in [1.82, 2.24) is 15.8 Å². The van der Waals surface area contributed by atoms with E-state index in [1.807, 2.05) is 12.1 Å². The molecule has 0 spiro atoms. The van der Waals surface area contributed by atoms with E-state index in [0.717, 1.165) is 18.8 Å². The van der Waals surface area contributed by atoms with Crippen molar-refractivity contribution in [1.29, 1.82) is 0 Å². The number of nitrogens with zero attached hydrogens (tertiary/aromatic N) is 2. The Morgan fingerprint density at radius 2 is 2.19 bits per heavy atom. The molecule has 2 rings (SSSR count). The van der Waals surface area contributed by atoms with Crippen molar-refractivity contribution in [3.05, 3.63) is 24.0 Å². The fraction of sp³-hybridized carbons (Fsp3) is 0.455. The SMILES string of the molecule is CNNC(=O)c1cc(N2CCCC2)ccn1. The van der Waals surface area contributed by atoms with Gasteiger partial charge in [-0.2, -0.15) is 0 Å². The number of carbonyl (C=O) groups excluding carboxylic acids is 1. The van der Waals surface area contributed by atoms with Crippen LogP contribution in [0.1, 0.15) is 23.3 Å². The van der Waals surface area contributed by atoms with E-state index >= 15 is 0 Å². The van der Waals surface area contributed by atoms with Crippen LogP contribution in [0.4, 0.5) is 5.69 Å². The highest BCUT2D eigenvalue weighted by Gasteiger charge is 2.14. The van der Waals surface area contributed by atoms with E-state index in [1.54, 1.807) is 13.2 Å². The third kappa shape index (κ3) is 2.30. The van der Waals surface area contributed by atoms with Crippen molar-refractivity contribution in [3.8, 4) is 0 Å². The molecule has 16 heavy (non-hydrogen) atoms. The van der Waals surface area contributed by atoms with E-state index in [9.17, 15) is 4.79 Å². The molecule has 5 heteroatoms. The maximum absolute atomic E-state index is 11.6. The third-order valence-corrected chi connectivity index (χ3v) is 2.69. The van der Waals surface area contributed by atoms with Gasteiger partial charge in [-0.1, -0.05) is 0 Å². The molecule has 1 amide bonds. The molecular weight excluding hydrogens is 204 g/mol. The van der Waals surface area contributed by atoms with Gasteiger partial charge < -0.3 is 4.90 Å². The summed E-state index contributed by atoms with van der Waals surface area (Å²) in [6.07, 6.45) is 4.12. The van der Waals surface area contributed by atoms with Gasteiger partial charge in [-0.3, -0.25) is 15.2 Å². The number of hydrogen-bond donors (Lipinski definition) is 2. The molecular formula is C11H16N4O. The monoisotopic (exact) mass is 220 g/mol. The predicted octanol–water partition coefficient (Wildman–Crippen LogP) is 0.546. The highest BCUT2D eigenvalue weighted by molar-refractivity contribution is 5.92. The number of hydrogen-bond acceptors (Lipinski definition) is 4. The second-order valence-corrected chi connectivity index (χ2v) is 3.80. The molecule has 0 radical (unpaired) electrons. The molecule has 1 aliphatic rings. The standard InChI is InChI=1S/C11H16N4O/c1-12-14-11(16)10-8-9(4-5-13-10)15-6-2-3-7-15/h4-5,8,12H,2-3,6-7H2,1H3,(H,14,16). The van der Waals surface area contributed by atoms with Crippen LogP contribution in [0.2, 0.25) is 0 Å². The zero-order chi connectivity index (χ0) is 11.4. The van der Waals surface area contributed by atoms with Gasteiger partial charge in [0, 0.05) is 32.0 Å². The summed E-state index contributed by atoms with van der Waals surface area (Å²) in [4.78, 5) is 17.9. The van der Waals surface area contributed by atoms with Gasteiger partial charge in [-0.15, -0.1) is 0 Å². The smallest absolute Gasteiger partial charge is 0.284 e. The molecule has 5 nitrogen and oxygen atoms in total. The van der Waals surface area contributed by atoms with Crippen LogP contribution < -0.4 is 15.8 Å². The average molecular weight is 220 g/mol. The minimum atomic E-state index is -0.205. The molecule has 1 aromatic rings. The third-order valence-electron chi connectivity index (χ3n) is 2.69. The van der Waals surface area contributed by atoms with E-state index in [2.05, 4.69) is 20.7 Å². The topological polar surface area (TPSA) is 57.3 Å². The van der Waals surface area contributed by atoms with Crippen LogP contribution in [0.25, 0.3) is 0 Å². The summed E-state index contributed by atoms with van der Waals surface area (Å²) >= 11 is 0. The molecule has 0 unspecified atom stereocenters. The summed E-state index contributed by atoms with van der Waals surface area (Å²) in [6, 6.07) is 3.78. The first-order valence-electron chi connectivity index (χ1n) is 5.49. The first-order valence-corrected chi connectivity index (χ1v) is 5.49. The van der Waals surface area contributed by atoms with Crippen molar-refractivity contribution in [2.24, 2.45) is 0 Å². The van der Waals surface area contributed by atoms with Crippen LogP contribution in [-0.4, -0.2) is 31.0 Å². The predicted molar refractivity (Wildman–Crippen MR) is 62.2 cm³/mol. The molecule has 86 valence electrons. The van der Waals surface area contributed by atoms with Crippen molar-refractivity contribution >= 4 is 11.6 Å². The number of pyridine rings is 1. The van der Waals surface area contributed by atoms with Crippen LogP contribution in [0.5, 0.6) is 0 Å². The maximum atomic E-state index is 11.6. The van der Waals surface area contributed by atoms with Gasteiger partial charge in [-0.25, -0.2) is 5.43 Å². The first kappa shape index (κ1) is 10.9. The Balaban J connectivity index is 2.15. The number of carbonyl (C=O) groups is 1. The van der Waals surface area contributed by atoms with Gasteiger partial charge in [0.1, 0.15) is 5.69 Å². The number of amides is 1. The fourth-order valence-corrected chi connectivity index (χ4v) is 1.89. The second-order valence-electron chi connectivity index (χ2n) is 3.80. The number of rotatable bonds is 3. The lowest BCUT2D eigenvalue weighted by atomic mass is 10.3. The zero-order valence-electron chi connectivity index (χ0n) is 9.36. The summed E-state index contributed by atoms with van der Waals surface area (Å²) in [5.74, 6) is -0.205. The minimum absolute atomic E-state index is 0.205. The first-order chi connectivity index (χ1) is 7.81. The molecule has 0 aromatic carbocycles. The lowest BCUT2D eigenvalue weighted by Gasteiger charge is -2.17. The van der Waals surface area contributed by atoms with Gasteiger partial charge in [0.25, 0.3) is 5.91 Å². The molecule has 0 atom stereocenters. The van der Waals surface area contributed by atoms with Gasteiger partial charge >= 0.3 is 0 Å². The Morgan fingerprint density at radius 1 is 1.44 bits per heavy atom.